The number of nitrogens with zero attached hydrogens (tertiary/aromatic N) is 2. The van der Waals surface area contributed by atoms with E-state index in [1.165, 1.54) is 55.4 Å². The highest BCUT2D eigenvalue weighted by molar-refractivity contribution is 7.89. The fraction of sp³-hybridized carbons (Fsp3) is 0.263. The fourth-order valence-corrected chi connectivity index (χ4v) is 3.92. The predicted molar refractivity (Wildman–Crippen MR) is 103 cm³/mol. The molecule has 3 rings (SSSR count). The van der Waals surface area contributed by atoms with Crippen molar-refractivity contribution in [3.63, 3.8) is 0 Å². The number of carbonyl (C=O) groups excluding carboxylic acids is 2. The molecule has 0 aromatic heterocycles. The Hall–Kier alpha value is -2.78. The number of sulfonamides is 1. The van der Waals surface area contributed by atoms with Crippen molar-refractivity contribution in [3.8, 4) is 0 Å². The van der Waals surface area contributed by atoms with Crippen LogP contribution in [-0.4, -0.2) is 45.2 Å². The molecule has 0 aliphatic carbocycles. The Morgan fingerprint density at radius 3 is 2.57 bits per heavy atom. The van der Waals surface area contributed by atoms with Crippen LogP contribution in [0.15, 0.2) is 53.4 Å². The van der Waals surface area contributed by atoms with Crippen molar-refractivity contribution >= 4 is 33.2 Å². The van der Waals surface area contributed by atoms with Crippen LogP contribution in [0.5, 0.6) is 0 Å². The Morgan fingerprint density at radius 2 is 1.89 bits per heavy atom. The first-order valence-electron chi connectivity index (χ1n) is 8.58. The van der Waals surface area contributed by atoms with Gasteiger partial charge in [-0.25, -0.2) is 17.1 Å². The highest BCUT2D eigenvalue weighted by Crippen LogP contribution is 2.28. The summed E-state index contributed by atoms with van der Waals surface area (Å²) in [5, 5.41) is 2.65. The van der Waals surface area contributed by atoms with Crippen molar-refractivity contribution in [3.05, 3.63) is 54.3 Å². The van der Waals surface area contributed by atoms with E-state index in [4.69, 9.17) is 0 Å². The average Bonchev–Trinajstić information content (AvgIpc) is 3.04. The van der Waals surface area contributed by atoms with Crippen molar-refractivity contribution in [2.24, 2.45) is 5.92 Å². The zero-order valence-electron chi connectivity index (χ0n) is 15.4. The number of halogens is 1. The van der Waals surface area contributed by atoms with Gasteiger partial charge in [0.1, 0.15) is 5.82 Å². The van der Waals surface area contributed by atoms with E-state index in [1.807, 2.05) is 0 Å². The first kappa shape index (κ1) is 20.0. The maximum Gasteiger partial charge on any atom is 0.242 e. The molecule has 1 atom stereocenters. The van der Waals surface area contributed by atoms with Gasteiger partial charge in [-0.2, -0.15) is 0 Å². The molecule has 1 unspecified atom stereocenters. The van der Waals surface area contributed by atoms with Gasteiger partial charge in [-0.05, 0) is 30.3 Å². The zero-order chi connectivity index (χ0) is 20.5. The summed E-state index contributed by atoms with van der Waals surface area (Å²) in [6, 6.07) is 11.8. The van der Waals surface area contributed by atoms with Crippen molar-refractivity contribution in [1.82, 2.24) is 4.31 Å². The molecule has 0 saturated carbocycles. The van der Waals surface area contributed by atoms with E-state index in [2.05, 4.69) is 5.32 Å². The van der Waals surface area contributed by atoms with Gasteiger partial charge in [0.2, 0.25) is 21.8 Å². The first-order valence-corrected chi connectivity index (χ1v) is 10.0. The predicted octanol–water partition coefficient (Wildman–Crippen LogP) is 2.07. The van der Waals surface area contributed by atoms with Crippen molar-refractivity contribution in [1.29, 1.82) is 0 Å². The molecule has 1 fully saturated rings. The molecule has 1 aliphatic heterocycles. The van der Waals surface area contributed by atoms with Crippen LogP contribution in [-0.2, 0) is 19.6 Å². The molecule has 28 heavy (non-hydrogen) atoms. The maximum atomic E-state index is 14.0. The molecule has 148 valence electrons. The summed E-state index contributed by atoms with van der Waals surface area (Å²) < 4.78 is 39.5. The first-order chi connectivity index (χ1) is 13.2. The largest absolute Gasteiger partial charge is 0.326 e. The molecular weight excluding hydrogens is 385 g/mol. The third-order valence-corrected chi connectivity index (χ3v) is 6.33. The number of para-hydroxylation sites is 1. The van der Waals surface area contributed by atoms with E-state index in [1.54, 1.807) is 12.1 Å². The van der Waals surface area contributed by atoms with Crippen LogP contribution >= 0.6 is 0 Å². The minimum atomic E-state index is -3.63. The molecule has 1 aliphatic rings. The van der Waals surface area contributed by atoms with Gasteiger partial charge in [-0.3, -0.25) is 9.59 Å². The SMILES string of the molecule is CN(C)S(=O)(=O)c1cccc(NC(=O)C2CC(=O)N(c3ccccc3F)C2)c1. The van der Waals surface area contributed by atoms with Crippen LogP contribution in [0.3, 0.4) is 0 Å². The second-order valence-corrected chi connectivity index (χ2v) is 8.81. The van der Waals surface area contributed by atoms with Crippen molar-refractivity contribution < 1.29 is 22.4 Å². The normalized spacial score (nSPS) is 17.2. The highest BCUT2D eigenvalue weighted by atomic mass is 32.2. The van der Waals surface area contributed by atoms with Crippen LogP contribution < -0.4 is 10.2 Å². The van der Waals surface area contributed by atoms with E-state index >= 15 is 0 Å². The van der Waals surface area contributed by atoms with Crippen LogP contribution in [0.4, 0.5) is 15.8 Å². The summed E-state index contributed by atoms with van der Waals surface area (Å²) in [7, 11) is -0.797. The van der Waals surface area contributed by atoms with Gasteiger partial charge in [0.15, 0.2) is 0 Å². The molecule has 0 bridgehead atoms. The lowest BCUT2D eigenvalue weighted by Crippen LogP contribution is -2.28. The van der Waals surface area contributed by atoms with E-state index in [0.717, 1.165) is 4.31 Å². The van der Waals surface area contributed by atoms with E-state index in [0.29, 0.717) is 5.69 Å². The van der Waals surface area contributed by atoms with Crippen LogP contribution in [0, 0.1) is 11.7 Å². The van der Waals surface area contributed by atoms with Crippen LogP contribution in [0.25, 0.3) is 0 Å². The van der Waals surface area contributed by atoms with Gasteiger partial charge in [0.05, 0.1) is 16.5 Å². The summed E-state index contributed by atoms with van der Waals surface area (Å²) in [6.07, 6.45) is -0.0458. The molecule has 2 aromatic rings. The van der Waals surface area contributed by atoms with Gasteiger partial charge < -0.3 is 10.2 Å². The third-order valence-electron chi connectivity index (χ3n) is 4.52. The Balaban J connectivity index is 1.74. The maximum absolute atomic E-state index is 14.0. The summed E-state index contributed by atoms with van der Waals surface area (Å²) >= 11 is 0. The number of benzene rings is 2. The zero-order valence-corrected chi connectivity index (χ0v) is 16.2. The second-order valence-electron chi connectivity index (χ2n) is 6.66. The monoisotopic (exact) mass is 405 g/mol. The van der Waals surface area contributed by atoms with E-state index in [-0.39, 0.29) is 29.5 Å². The molecule has 9 heteroatoms. The number of hydrogen-bond acceptors (Lipinski definition) is 4. The van der Waals surface area contributed by atoms with Crippen LogP contribution in [0.1, 0.15) is 6.42 Å². The van der Waals surface area contributed by atoms with Crippen LogP contribution in [0.2, 0.25) is 0 Å². The Morgan fingerprint density at radius 1 is 1.18 bits per heavy atom. The van der Waals surface area contributed by atoms with Gasteiger partial charge in [0, 0.05) is 32.7 Å². The minimum absolute atomic E-state index is 0.0458. The molecule has 7 nitrogen and oxygen atoms in total. The average molecular weight is 405 g/mol. The van der Waals surface area contributed by atoms with Gasteiger partial charge in [0.25, 0.3) is 0 Å². The molecule has 2 amide bonds. The topological polar surface area (TPSA) is 86.8 Å². The molecular formula is C19H20FN3O4S. The Labute approximate surface area is 162 Å². The van der Waals surface area contributed by atoms with Gasteiger partial charge >= 0.3 is 0 Å². The molecule has 1 heterocycles. The number of anilines is 2. The highest BCUT2D eigenvalue weighted by Gasteiger charge is 2.36. The van der Waals surface area contributed by atoms with Gasteiger partial charge in [-0.15, -0.1) is 0 Å². The van der Waals surface area contributed by atoms with E-state index < -0.39 is 27.7 Å². The number of nitrogens with one attached hydrogen (secondary N) is 1. The quantitative estimate of drug-likeness (QED) is 0.825. The molecule has 0 radical (unpaired) electrons. The summed E-state index contributed by atoms with van der Waals surface area (Å²) in [4.78, 5) is 26.1. The summed E-state index contributed by atoms with van der Waals surface area (Å²) in [5.74, 6) is -1.96. The lowest BCUT2D eigenvalue weighted by molar-refractivity contribution is -0.122. The lowest BCUT2D eigenvalue weighted by Gasteiger charge is -2.17. The number of hydrogen-bond donors (Lipinski definition) is 1. The molecule has 1 N–H and O–H groups in total. The third kappa shape index (κ3) is 3.90. The lowest BCUT2D eigenvalue weighted by atomic mass is 10.1. The Bertz CT molecular complexity index is 1020. The number of rotatable bonds is 5. The summed E-state index contributed by atoms with van der Waals surface area (Å²) in [6.45, 7) is 0.0568. The fourth-order valence-electron chi connectivity index (χ4n) is 2.98. The minimum Gasteiger partial charge on any atom is -0.326 e. The van der Waals surface area contributed by atoms with Crippen molar-refractivity contribution in [2.75, 3.05) is 30.9 Å². The second kappa shape index (κ2) is 7.69. The smallest absolute Gasteiger partial charge is 0.242 e. The number of amides is 2. The molecule has 2 aromatic carbocycles. The summed E-state index contributed by atoms with van der Waals surface area (Å²) in [5.41, 5.74) is 0.451. The standard InChI is InChI=1S/C19H20FN3O4S/c1-22(2)28(26,27)15-7-5-6-14(11-15)21-19(25)13-10-18(24)23(12-13)17-9-4-3-8-16(17)20/h3-9,11,13H,10,12H2,1-2H3,(H,21,25). The van der Waals surface area contributed by atoms with Crippen molar-refractivity contribution in [2.45, 2.75) is 11.3 Å². The molecule has 0 spiro atoms. The Kier molecular flexibility index (Phi) is 5.48. The number of carbonyl (C=O) groups is 2. The van der Waals surface area contributed by atoms with E-state index in [9.17, 15) is 22.4 Å². The van der Waals surface area contributed by atoms with Gasteiger partial charge in [-0.1, -0.05) is 18.2 Å². The molecule has 1 saturated heterocycles.